The van der Waals surface area contributed by atoms with Gasteiger partial charge in [-0.2, -0.15) is 8.78 Å². The molecule has 1 aliphatic rings. The predicted molar refractivity (Wildman–Crippen MR) is 120 cm³/mol. The van der Waals surface area contributed by atoms with Gasteiger partial charge in [0, 0.05) is 30.0 Å². The molecule has 0 radical (unpaired) electrons. The molecule has 0 bridgehead atoms. The number of halogens is 3. The van der Waals surface area contributed by atoms with Gasteiger partial charge in [-0.15, -0.1) is 10.2 Å². The van der Waals surface area contributed by atoms with Crippen molar-refractivity contribution in [2.24, 2.45) is 7.05 Å². The van der Waals surface area contributed by atoms with Crippen LogP contribution in [0.5, 0.6) is 5.75 Å². The summed E-state index contributed by atoms with van der Waals surface area (Å²) in [4.78, 5) is 8.28. The van der Waals surface area contributed by atoms with E-state index in [0.29, 0.717) is 27.7 Å². The molecule has 0 atom stereocenters. The van der Waals surface area contributed by atoms with Gasteiger partial charge in [0.2, 0.25) is 0 Å². The van der Waals surface area contributed by atoms with Crippen LogP contribution in [0.25, 0.3) is 22.6 Å². The van der Waals surface area contributed by atoms with Crippen LogP contribution >= 0.6 is 11.6 Å². The number of alkyl halides is 2. The van der Waals surface area contributed by atoms with Gasteiger partial charge in [0.1, 0.15) is 11.6 Å². The first-order valence-electron chi connectivity index (χ1n) is 10.5. The van der Waals surface area contributed by atoms with Gasteiger partial charge in [-0.1, -0.05) is 36.2 Å². The van der Waals surface area contributed by atoms with Crippen LogP contribution < -0.4 is 4.74 Å². The van der Waals surface area contributed by atoms with Gasteiger partial charge >= 0.3 is 6.61 Å². The van der Waals surface area contributed by atoms with Crippen molar-refractivity contribution in [3.63, 3.8) is 0 Å². The van der Waals surface area contributed by atoms with Crippen LogP contribution in [0, 0.1) is 0 Å². The zero-order valence-corrected chi connectivity index (χ0v) is 18.5. The first kappa shape index (κ1) is 21.5. The summed E-state index contributed by atoms with van der Waals surface area (Å²) >= 11 is 6.08. The Labute approximate surface area is 194 Å². The smallest absolute Gasteiger partial charge is 0.387 e. The van der Waals surface area contributed by atoms with Crippen LogP contribution in [0.3, 0.4) is 0 Å². The standard InChI is InChI=1S/C24H20ClF2N5O/c1-32-21(30-31-22(32)24(9-2-10-24)16-4-6-17(25)7-5-16)18-8-3-15(13-20(18)33-23(26)27)19-14-28-11-12-29-19/h3-8,11-14,23H,2,9-10H2,1H3. The highest BCUT2D eigenvalue weighted by Gasteiger charge is 2.44. The lowest BCUT2D eigenvalue weighted by atomic mass is 9.64. The molecule has 1 saturated carbocycles. The van der Waals surface area contributed by atoms with Crippen molar-refractivity contribution in [1.29, 1.82) is 0 Å². The molecule has 0 N–H and O–H groups in total. The number of hydrogen-bond donors (Lipinski definition) is 0. The summed E-state index contributed by atoms with van der Waals surface area (Å²) in [7, 11) is 1.85. The van der Waals surface area contributed by atoms with Crippen molar-refractivity contribution in [2.75, 3.05) is 0 Å². The molecule has 0 aliphatic heterocycles. The monoisotopic (exact) mass is 467 g/mol. The van der Waals surface area contributed by atoms with Gasteiger partial charge in [-0.25, -0.2) is 0 Å². The quantitative estimate of drug-likeness (QED) is 0.366. The molecular weight excluding hydrogens is 448 g/mol. The molecule has 1 fully saturated rings. The van der Waals surface area contributed by atoms with E-state index in [2.05, 4.69) is 20.2 Å². The molecule has 0 spiro atoms. The SMILES string of the molecule is Cn1c(-c2ccc(-c3cnccn3)cc2OC(F)F)nnc1C1(c2ccc(Cl)cc2)CCC1. The zero-order valence-electron chi connectivity index (χ0n) is 17.8. The third kappa shape index (κ3) is 3.84. The van der Waals surface area contributed by atoms with Crippen molar-refractivity contribution in [3.05, 3.63) is 77.5 Å². The molecule has 33 heavy (non-hydrogen) atoms. The van der Waals surface area contributed by atoms with E-state index in [-0.39, 0.29) is 11.2 Å². The Morgan fingerprint density at radius 2 is 1.85 bits per heavy atom. The molecule has 6 nitrogen and oxygen atoms in total. The topological polar surface area (TPSA) is 65.7 Å². The lowest BCUT2D eigenvalue weighted by Gasteiger charge is -2.41. The molecule has 5 rings (SSSR count). The number of ether oxygens (including phenoxy) is 1. The van der Waals surface area contributed by atoms with Gasteiger partial charge in [0.15, 0.2) is 5.82 Å². The van der Waals surface area contributed by atoms with Crippen LogP contribution in [0.4, 0.5) is 8.78 Å². The van der Waals surface area contributed by atoms with Crippen molar-refractivity contribution < 1.29 is 13.5 Å². The van der Waals surface area contributed by atoms with Gasteiger partial charge in [-0.3, -0.25) is 9.97 Å². The third-order valence-electron chi connectivity index (χ3n) is 6.20. The summed E-state index contributed by atoms with van der Waals surface area (Å²) in [6.45, 7) is -2.99. The molecule has 0 saturated heterocycles. The maximum absolute atomic E-state index is 13.3. The molecule has 4 aromatic rings. The molecule has 0 amide bonds. The Kier molecular flexibility index (Phi) is 5.54. The average molecular weight is 468 g/mol. The third-order valence-corrected chi connectivity index (χ3v) is 6.46. The minimum atomic E-state index is -2.99. The van der Waals surface area contributed by atoms with Crippen LogP contribution in [-0.4, -0.2) is 31.3 Å². The molecular formula is C24H20ClF2N5O. The summed E-state index contributed by atoms with van der Waals surface area (Å²) in [6, 6.07) is 12.8. The van der Waals surface area contributed by atoms with Crippen molar-refractivity contribution in [1.82, 2.24) is 24.7 Å². The molecule has 1 aliphatic carbocycles. The van der Waals surface area contributed by atoms with E-state index in [4.69, 9.17) is 16.3 Å². The maximum atomic E-state index is 13.3. The summed E-state index contributed by atoms with van der Waals surface area (Å²) in [5.74, 6) is 1.24. The average Bonchev–Trinajstić information content (AvgIpc) is 3.16. The minimum Gasteiger partial charge on any atom is -0.434 e. The molecule has 2 aromatic carbocycles. The van der Waals surface area contributed by atoms with Crippen molar-refractivity contribution in [3.8, 4) is 28.4 Å². The summed E-state index contributed by atoms with van der Waals surface area (Å²) in [5.41, 5.74) is 2.42. The largest absolute Gasteiger partial charge is 0.434 e. The van der Waals surface area contributed by atoms with E-state index in [1.165, 1.54) is 6.07 Å². The van der Waals surface area contributed by atoms with E-state index in [0.717, 1.165) is 30.7 Å². The fourth-order valence-corrected chi connectivity index (χ4v) is 4.56. The van der Waals surface area contributed by atoms with E-state index < -0.39 is 6.61 Å². The van der Waals surface area contributed by atoms with Crippen LogP contribution in [0.2, 0.25) is 5.02 Å². The van der Waals surface area contributed by atoms with Gasteiger partial charge in [0.25, 0.3) is 0 Å². The number of benzene rings is 2. The predicted octanol–water partition coefficient (Wildman–Crippen LogP) is 5.66. The normalized spacial score (nSPS) is 14.8. The molecule has 2 heterocycles. The highest BCUT2D eigenvalue weighted by Crippen LogP contribution is 2.49. The highest BCUT2D eigenvalue weighted by atomic mass is 35.5. The first-order chi connectivity index (χ1) is 16.0. The molecule has 9 heteroatoms. The van der Waals surface area contributed by atoms with E-state index in [1.54, 1.807) is 30.7 Å². The number of nitrogens with zero attached hydrogens (tertiary/aromatic N) is 5. The van der Waals surface area contributed by atoms with E-state index in [1.807, 2.05) is 35.9 Å². The van der Waals surface area contributed by atoms with Gasteiger partial charge in [-0.05, 0) is 42.7 Å². The van der Waals surface area contributed by atoms with Crippen molar-refractivity contribution in [2.45, 2.75) is 31.3 Å². The lowest BCUT2D eigenvalue weighted by molar-refractivity contribution is -0.0494. The van der Waals surface area contributed by atoms with Gasteiger partial charge < -0.3 is 9.30 Å². The van der Waals surface area contributed by atoms with Crippen LogP contribution in [-0.2, 0) is 12.5 Å². The molecule has 2 aromatic heterocycles. The van der Waals surface area contributed by atoms with Crippen LogP contribution in [0.15, 0.2) is 61.1 Å². The zero-order chi connectivity index (χ0) is 23.0. The lowest BCUT2D eigenvalue weighted by Crippen LogP contribution is -2.38. The fourth-order valence-electron chi connectivity index (χ4n) is 4.43. The summed E-state index contributed by atoms with van der Waals surface area (Å²) in [6.07, 6.45) is 7.57. The summed E-state index contributed by atoms with van der Waals surface area (Å²) < 4.78 is 33.3. The Bertz CT molecular complexity index is 1270. The Morgan fingerprint density at radius 3 is 2.48 bits per heavy atom. The van der Waals surface area contributed by atoms with E-state index in [9.17, 15) is 8.78 Å². The van der Waals surface area contributed by atoms with Crippen molar-refractivity contribution >= 4 is 11.6 Å². The minimum absolute atomic E-state index is 0.00403. The van der Waals surface area contributed by atoms with Crippen LogP contribution in [0.1, 0.15) is 30.7 Å². The highest BCUT2D eigenvalue weighted by molar-refractivity contribution is 6.30. The number of rotatable bonds is 6. The Morgan fingerprint density at radius 1 is 1.06 bits per heavy atom. The summed E-state index contributed by atoms with van der Waals surface area (Å²) in [5, 5.41) is 9.55. The van der Waals surface area contributed by atoms with E-state index >= 15 is 0 Å². The van der Waals surface area contributed by atoms with Gasteiger partial charge in [0.05, 0.1) is 22.9 Å². The second-order valence-corrected chi connectivity index (χ2v) is 8.47. The Hall–Kier alpha value is -3.39. The fraction of sp³-hybridized carbons (Fsp3) is 0.250. The second kappa shape index (κ2) is 8.51. The second-order valence-electron chi connectivity index (χ2n) is 8.03. The Balaban J connectivity index is 1.58. The maximum Gasteiger partial charge on any atom is 0.387 e. The molecule has 168 valence electrons. The molecule has 0 unspecified atom stereocenters. The number of aromatic nitrogens is 5. The number of hydrogen-bond acceptors (Lipinski definition) is 5. The first-order valence-corrected chi connectivity index (χ1v) is 10.9.